The SMILES string of the molecule is O=C(Nc1ccc(O)cc1)c1cnc[nH]1. The molecule has 0 unspecified atom stereocenters. The molecule has 5 nitrogen and oxygen atoms in total. The first kappa shape index (κ1) is 9.26. The highest BCUT2D eigenvalue weighted by Gasteiger charge is 2.06. The highest BCUT2D eigenvalue weighted by molar-refractivity contribution is 6.02. The van der Waals surface area contributed by atoms with Gasteiger partial charge in [-0.1, -0.05) is 0 Å². The van der Waals surface area contributed by atoms with Gasteiger partial charge in [-0.25, -0.2) is 4.98 Å². The van der Waals surface area contributed by atoms with Crippen molar-refractivity contribution < 1.29 is 9.90 Å². The lowest BCUT2D eigenvalue weighted by atomic mass is 10.3. The number of hydrogen-bond donors (Lipinski definition) is 3. The van der Waals surface area contributed by atoms with Crippen molar-refractivity contribution in [1.82, 2.24) is 9.97 Å². The van der Waals surface area contributed by atoms with E-state index in [4.69, 9.17) is 5.11 Å². The molecule has 0 radical (unpaired) electrons. The maximum atomic E-state index is 11.5. The summed E-state index contributed by atoms with van der Waals surface area (Å²) in [6.07, 6.45) is 2.88. The largest absolute Gasteiger partial charge is 0.508 e. The molecule has 0 spiro atoms. The Labute approximate surface area is 85.8 Å². The highest BCUT2D eigenvalue weighted by Crippen LogP contribution is 2.14. The molecule has 0 saturated heterocycles. The van der Waals surface area contributed by atoms with E-state index in [1.807, 2.05) is 0 Å². The predicted octanol–water partition coefficient (Wildman–Crippen LogP) is 1.37. The zero-order chi connectivity index (χ0) is 10.7. The van der Waals surface area contributed by atoms with E-state index >= 15 is 0 Å². The number of phenolic OH excluding ortho intramolecular Hbond substituents is 1. The van der Waals surface area contributed by atoms with Crippen LogP contribution in [0.25, 0.3) is 0 Å². The second-order valence-corrected chi connectivity index (χ2v) is 2.97. The van der Waals surface area contributed by atoms with Crippen LogP contribution in [0.15, 0.2) is 36.8 Å². The molecule has 1 amide bonds. The molecule has 2 rings (SSSR count). The number of benzene rings is 1. The minimum atomic E-state index is -0.266. The van der Waals surface area contributed by atoms with E-state index in [1.165, 1.54) is 24.7 Å². The van der Waals surface area contributed by atoms with Gasteiger partial charge in [0.05, 0.1) is 12.5 Å². The molecule has 1 aromatic heterocycles. The zero-order valence-corrected chi connectivity index (χ0v) is 7.77. The monoisotopic (exact) mass is 203 g/mol. The van der Waals surface area contributed by atoms with E-state index in [0.29, 0.717) is 11.4 Å². The van der Waals surface area contributed by atoms with Gasteiger partial charge in [0.1, 0.15) is 11.4 Å². The third kappa shape index (κ3) is 2.14. The van der Waals surface area contributed by atoms with E-state index in [-0.39, 0.29) is 11.7 Å². The molecule has 0 atom stereocenters. The van der Waals surface area contributed by atoms with Crippen molar-refractivity contribution in [2.75, 3.05) is 5.32 Å². The van der Waals surface area contributed by atoms with Crippen molar-refractivity contribution in [1.29, 1.82) is 0 Å². The number of carbonyl (C=O) groups excluding carboxylic acids is 1. The number of carbonyl (C=O) groups is 1. The summed E-state index contributed by atoms with van der Waals surface area (Å²) in [5.74, 6) is -0.104. The minimum Gasteiger partial charge on any atom is -0.508 e. The number of aromatic amines is 1. The van der Waals surface area contributed by atoms with Gasteiger partial charge in [0.15, 0.2) is 0 Å². The summed E-state index contributed by atoms with van der Waals surface area (Å²) >= 11 is 0. The second kappa shape index (κ2) is 3.83. The van der Waals surface area contributed by atoms with E-state index in [0.717, 1.165) is 0 Å². The molecule has 1 aromatic carbocycles. The summed E-state index contributed by atoms with van der Waals surface area (Å²) in [4.78, 5) is 18.0. The number of nitrogens with zero attached hydrogens (tertiary/aromatic N) is 1. The molecular formula is C10H9N3O2. The number of hydrogen-bond acceptors (Lipinski definition) is 3. The standard InChI is InChI=1S/C10H9N3O2/c14-8-3-1-7(2-4-8)13-10(15)9-5-11-6-12-9/h1-6,14H,(H,11,12)(H,13,15). The van der Waals surface area contributed by atoms with Gasteiger partial charge < -0.3 is 15.4 Å². The average Bonchev–Trinajstić information content (AvgIpc) is 2.74. The van der Waals surface area contributed by atoms with Crippen LogP contribution in [0.4, 0.5) is 5.69 Å². The molecule has 5 heteroatoms. The maximum absolute atomic E-state index is 11.5. The van der Waals surface area contributed by atoms with Crippen molar-refractivity contribution in [3.8, 4) is 5.75 Å². The van der Waals surface area contributed by atoms with Crippen molar-refractivity contribution >= 4 is 11.6 Å². The number of aromatic nitrogens is 2. The third-order valence-electron chi connectivity index (χ3n) is 1.87. The number of phenols is 1. The molecule has 1 heterocycles. The zero-order valence-electron chi connectivity index (χ0n) is 7.77. The summed E-state index contributed by atoms with van der Waals surface area (Å²) < 4.78 is 0. The van der Waals surface area contributed by atoms with Crippen LogP contribution in [-0.2, 0) is 0 Å². The van der Waals surface area contributed by atoms with Gasteiger partial charge in [-0.15, -0.1) is 0 Å². The van der Waals surface area contributed by atoms with Gasteiger partial charge in [-0.05, 0) is 24.3 Å². The number of rotatable bonds is 2. The predicted molar refractivity (Wildman–Crippen MR) is 54.6 cm³/mol. The van der Waals surface area contributed by atoms with Crippen molar-refractivity contribution in [2.24, 2.45) is 0 Å². The van der Waals surface area contributed by atoms with Gasteiger partial charge in [-0.2, -0.15) is 0 Å². The molecule has 0 aliphatic carbocycles. The van der Waals surface area contributed by atoms with E-state index < -0.39 is 0 Å². The van der Waals surface area contributed by atoms with Crippen LogP contribution in [0.5, 0.6) is 5.75 Å². The van der Waals surface area contributed by atoms with E-state index in [9.17, 15) is 4.79 Å². The number of H-pyrrole nitrogens is 1. The Morgan fingerprint density at radius 2 is 2.07 bits per heavy atom. The summed E-state index contributed by atoms with van der Waals surface area (Å²) in [6.45, 7) is 0. The fraction of sp³-hybridized carbons (Fsp3) is 0. The van der Waals surface area contributed by atoms with Crippen LogP contribution < -0.4 is 5.32 Å². The summed E-state index contributed by atoms with van der Waals surface area (Å²) in [5, 5.41) is 11.7. The Kier molecular flexibility index (Phi) is 2.37. The Morgan fingerprint density at radius 1 is 1.33 bits per heavy atom. The maximum Gasteiger partial charge on any atom is 0.273 e. The van der Waals surface area contributed by atoms with Gasteiger partial charge in [0, 0.05) is 5.69 Å². The lowest BCUT2D eigenvalue weighted by Gasteiger charge is -2.02. The first-order chi connectivity index (χ1) is 7.25. The summed E-state index contributed by atoms with van der Waals surface area (Å²) in [5.41, 5.74) is 1.01. The number of anilines is 1. The van der Waals surface area contributed by atoms with Crippen molar-refractivity contribution in [3.05, 3.63) is 42.5 Å². The molecule has 15 heavy (non-hydrogen) atoms. The lowest BCUT2D eigenvalue weighted by molar-refractivity contribution is 0.102. The van der Waals surface area contributed by atoms with Gasteiger partial charge in [-0.3, -0.25) is 4.79 Å². The molecule has 2 aromatic rings. The number of imidazole rings is 1. The molecule has 76 valence electrons. The number of amides is 1. The molecule has 0 aliphatic heterocycles. The van der Waals surface area contributed by atoms with Crippen LogP contribution in [0, 0.1) is 0 Å². The van der Waals surface area contributed by atoms with E-state index in [1.54, 1.807) is 12.1 Å². The quantitative estimate of drug-likeness (QED) is 0.645. The minimum absolute atomic E-state index is 0.162. The number of nitrogens with one attached hydrogen (secondary N) is 2. The smallest absolute Gasteiger partial charge is 0.273 e. The van der Waals surface area contributed by atoms with Crippen LogP contribution >= 0.6 is 0 Å². The molecule has 0 aliphatic rings. The number of aromatic hydroxyl groups is 1. The summed E-state index contributed by atoms with van der Waals surface area (Å²) in [6, 6.07) is 6.23. The highest BCUT2D eigenvalue weighted by atomic mass is 16.3. The third-order valence-corrected chi connectivity index (χ3v) is 1.87. The van der Waals surface area contributed by atoms with Crippen LogP contribution in [0.3, 0.4) is 0 Å². The van der Waals surface area contributed by atoms with Gasteiger partial charge in [0.2, 0.25) is 0 Å². The Bertz CT molecular complexity index is 448. The van der Waals surface area contributed by atoms with Crippen LogP contribution in [-0.4, -0.2) is 21.0 Å². The lowest BCUT2D eigenvalue weighted by Crippen LogP contribution is -2.11. The fourth-order valence-electron chi connectivity index (χ4n) is 1.12. The fourth-order valence-corrected chi connectivity index (χ4v) is 1.12. The molecule has 0 bridgehead atoms. The topological polar surface area (TPSA) is 78.0 Å². The Balaban J connectivity index is 2.09. The average molecular weight is 203 g/mol. The first-order valence-corrected chi connectivity index (χ1v) is 4.34. The van der Waals surface area contributed by atoms with Crippen molar-refractivity contribution in [2.45, 2.75) is 0 Å². The Hall–Kier alpha value is -2.30. The molecule has 3 N–H and O–H groups in total. The second-order valence-electron chi connectivity index (χ2n) is 2.97. The van der Waals surface area contributed by atoms with Gasteiger partial charge in [0.25, 0.3) is 5.91 Å². The van der Waals surface area contributed by atoms with E-state index in [2.05, 4.69) is 15.3 Å². The van der Waals surface area contributed by atoms with Crippen LogP contribution in [0.2, 0.25) is 0 Å². The molecular weight excluding hydrogens is 194 g/mol. The van der Waals surface area contributed by atoms with Crippen molar-refractivity contribution in [3.63, 3.8) is 0 Å². The molecule has 0 fully saturated rings. The Morgan fingerprint density at radius 3 is 2.67 bits per heavy atom. The van der Waals surface area contributed by atoms with Gasteiger partial charge >= 0.3 is 0 Å². The first-order valence-electron chi connectivity index (χ1n) is 4.34. The van der Waals surface area contributed by atoms with Crippen LogP contribution in [0.1, 0.15) is 10.5 Å². The molecule has 0 saturated carbocycles. The summed E-state index contributed by atoms with van der Waals surface area (Å²) in [7, 11) is 0. The normalized spacial score (nSPS) is 9.87.